The van der Waals surface area contributed by atoms with Gasteiger partial charge in [-0.1, -0.05) is 13.8 Å². The van der Waals surface area contributed by atoms with E-state index in [1.165, 1.54) is 11.3 Å². The molecule has 1 aromatic rings. The number of aryl methyl sites for hydroxylation is 1. The lowest BCUT2D eigenvalue weighted by atomic mass is 9.95. The Bertz CT molecular complexity index is 454. The second-order valence-electron chi connectivity index (χ2n) is 5.19. The quantitative estimate of drug-likeness (QED) is 0.727. The molecule has 0 radical (unpaired) electrons. The summed E-state index contributed by atoms with van der Waals surface area (Å²) >= 11 is 1.39. The van der Waals surface area contributed by atoms with Gasteiger partial charge < -0.3 is 15.7 Å². The van der Waals surface area contributed by atoms with Crippen LogP contribution in [-0.2, 0) is 4.79 Å². The molecule has 19 heavy (non-hydrogen) atoms. The lowest BCUT2D eigenvalue weighted by Crippen LogP contribution is -2.41. The summed E-state index contributed by atoms with van der Waals surface area (Å²) in [7, 11) is 0. The van der Waals surface area contributed by atoms with E-state index in [0.717, 1.165) is 4.88 Å². The normalized spacial score (nSPS) is 11.2. The summed E-state index contributed by atoms with van der Waals surface area (Å²) in [5.41, 5.74) is -0.357. The van der Waals surface area contributed by atoms with Crippen molar-refractivity contribution in [2.24, 2.45) is 5.41 Å². The second kappa shape index (κ2) is 6.68. The number of nitrogens with one attached hydrogen (secondary N) is 2. The Labute approximate surface area is 117 Å². The van der Waals surface area contributed by atoms with Crippen molar-refractivity contribution in [3.8, 4) is 0 Å². The van der Waals surface area contributed by atoms with Crippen LogP contribution in [0.2, 0.25) is 0 Å². The Hall–Kier alpha value is -1.40. The van der Waals surface area contributed by atoms with Gasteiger partial charge in [0.15, 0.2) is 0 Å². The van der Waals surface area contributed by atoms with Gasteiger partial charge in [0.1, 0.15) is 0 Å². The molecule has 1 rings (SSSR count). The number of rotatable bonds is 6. The summed E-state index contributed by atoms with van der Waals surface area (Å²) in [5, 5.41) is 14.3. The van der Waals surface area contributed by atoms with E-state index in [-0.39, 0.29) is 30.4 Å². The third-order valence-corrected chi connectivity index (χ3v) is 3.57. The molecule has 3 N–H and O–H groups in total. The van der Waals surface area contributed by atoms with Crippen molar-refractivity contribution in [1.29, 1.82) is 0 Å². The van der Waals surface area contributed by atoms with Crippen molar-refractivity contribution < 1.29 is 14.7 Å². The molecule has 6 heteroatoms. The Morgan fingerprint density at radius 3 is 2.53 bits per heavy atom. The summed E-state index contributed by atoms with van der Waals surface area (Å²) in [6.45, 7) is 5.92. The Balaban J connectivity index is 2.33. The summed E-state index contributed by atoms with van der Waals surface area (Å²) in [4.78, 5) is 24.9. The third kappa shape index (κ3) is 5.40. The molecule has 5 nitrogen and oxygen atoms in total. The van der Waals surface area contributed by atoms with Crippen molar-refractivity contribution >= 4 is 23.2 Å². The number of thiophene rings is 1. The number of hydrogen-bond acceptors (Lipinski definition) is 4. The number of carbonyl (C=O) groups excluding carboxylic acids is 2. The Morgan fingerprint density at radius 2 is 2.00 bits per heavy atom. The second-order valence-corrected chi connectivity index (χ2v) is 6.48. The zero-order valence-electron chi connectivity index (χ0n) is 11.4. The van der Waals surface area contributed by atoms with E-state index in [2.05, 4.69) is 10.6 Å². The van der Waals surface area contributed by atoms with Gasteiger partial charge in [0.25, 0.3) is 5.91 Å². The number of aliphatic hydroxyl groups is 1. The molecule has 106 valence electrons. The van der Waals surface area contributed by atoms with Crippen LogP contribution < -0.4 is 10.6 Å². The molecule has 1 aromatic heterocycles. The van der Waals surface area contributed by atoms with Gasteiger partial charge in [-0.3, -0.25) is 9.59 Å². The van der Waals surface area contributed by atoms with E-state index < -0.39 is 0 Å². The highest BCUT2D eigenvalue weighted by molar-refractivity contribution is 7.13. The minimum Gasteiger partial charge on any atom is -0.396 e. The standard InChI is InChI=1S/C13H20N2O3S/c1-9-4-5-10(19-9)12(18)14-6-11(17)15-7-13(2,3)8-16/h4-5,16H,6-8H2,1-3H3,(H,14,18)(H,15,17). The fourth-order valence-electron chi connectivity index (χ4n) is 1.26. The van der Waals surface area contributed by atoms with E-state index in [9.17, 15) is 9.59 Å². The molecule has 0 atom stereocenters. The first-order chi connectivity index (χ1) is 8.84. The predicted octanol–water partition coefficient (Wildman–Crippen LogP) is 0.921. The average Bonchev–Trinajstić information content (AvgIpc) is 2.80. The van der Waals surface area contributed by atoms with Crippen LogP contribution in [0.25, 0.3) is 0 Å². The first kappa shape index (κ1) is 15.7. The maximum atomic E-state index is 11.7. The van der Waals surface area contributed by atoms with E-state index in [0.29, 0.717) is 11.4 Å². The van der Waals surface area contributed by atoms with E-state index in [4.69, 9.17) is 5.11 Å². The van der Waals surface area contributed by atoms with Crippen molar-refractivity contribution in [1.82, 2.24) is 10.6 Å². The van der Waals surface area contributed by atoms with Crippen LogP contribution in [0.3, 0.4) is 0 Å². The Morgan fingerprint density at radius 1 is 1.32 bits per heavy atom. The highest BCUT2D eigenvalue weighted by atomic mass is 32.1. The van der Waals surface area contributed by atoms with Gasteiger partial charge in [-0.15, -0.1) is 11.3 Å². The van der Waals surface area contributed by atoms with Gasteiger partial charge in [-0.2, -0.15) is 0 Å². The maximum Gasteiger partial charge on any atom is 0.261 e. The van der Waals surface area contributed by atoms with Crippen LogP contribution in [-0.4, -0.2) is 36.6 Å². The predicted molar refractivity (Wildman–Crippen MR) is 75.3 cm³/mol. The topological polar surface area (TPSA) is 78.4 Å². The van der Waals surface area contributed by atoms with Crippen LogP contribution in [0.4, 0.5) is 0 Å². The average molecular weight is 284 g/mol. The van der Waals surface area contributed by atoms with Gasteiger partial charge in [-0.05, 0) is 19.1 Å². The Kier molecular flexibility index (Phi) is 5.50. The lowest BCUT2D eigenvalue weighted by molar-refractivity contribution is -0.120. The molecule has 0 fully saturated rings. The number of hydrogen-bond donors (Lipinski definition) is 3. The van der Waals surface area contributed by atoms with Gasteiger partial charge in [-0.25, -0.2) is 0 Å². The molecule has 0 aromatic carbocycles. The molecule has 0 saturated carbocycles. The van der Waals surface area contributed by atoms with E-state index >= 15 is 0 Å². The largest absolute Gasteiger partial charge is 0.396 e. The van der Waals surface area contributed by atoms with Crippen LogP contribution in [0, 0.1) is 12.3 Å². The molecule has 1 heterocycles. The SMILES string of the molecule is Cc1ccc(C(=O)NCC(=O)NCC(C)(C)CO)s1. The molecular weight excluding hydrogens is 264 g/mol. The molecule has 0 aliphatic heterocycles. The highest BCUT2D eigenvalue weighted by Crippen LogP contribution is 2.14. The number of aliphatic hydroxyl groups excluding tert-OH is 1. The van der Waals surface area contributed by atoms with Gasteiger partial charge in [0.2, 0.25) is 5.91 Å². The van der Waals surface area contributed by atoms with Crippen molar-refractivity contribution in [3.63, 3.8) is 0 Å². The van der Waals surface area contributed by atoms with Crippen LogP contribution in [0.1, 0.15) is 28.4 Å². The molecule has 0 spiro atoms. The third-order valence-electron chi connectivity index (χ3n) is 2.57. The van der Waals surface area contributed by atoms with E-state index in [1.54, 1.807) is 6.07 Å². The molecular formula is C13H20N2O3S. The van der Waals surface area contributed by atoms with Crippen LogP contribution in [0.15, 0.2) is 12.1 Å². The van der Waals surface area contributed by atoms with Crippen molar-refractivity contribution in [2.45, 2.75) is 20.8 Å². The zero-order valence-corrected chi connectivity index (χ0v) is 12.3. The molecule has 0 bridgehead atoms. The molecule has 0 unspecified atom stereocenters. The number of amides is 2. The van der Waals surface area contributed by atoms with Crippen molar-refractivity contribution in [3.05, 3.63) is 21.9 Å². The highest BCUT2D eigenvalue weighted by Gasteiger charge is 2.17. The molecule has 0 saturated heterocycles. The smallest absolute Gasteiger partial charge is 0.261 e. The summed E-state index contributed by atoms with van der Waals surface area (Å²) in [5.74, 6) is -0.502. The van der Waals surface area contributed by atoms with Crippen molar-refractivity contribution in [2.75, 3.05) is 19.7 Å². The molecule has 2 amide bonds. The summed E-state index contributed by atoms with van der Waals surface area (Å²) in [6, 6.07) is 3.60. The first-order valence-electron chi connectivity index (χ1n) is 6.06. The van der Waals surface area contributed by atoms with Gasteiger partial charge >= 0.3 is 0 Å². The summed E-state index contributed by atoms with van der Waals surface area (Å²) < 4.78 is 0. The minimum absolute atomic E-state index is 0.00584. The lowest BCUT2D eigenvalue weighted by Gasteiger charge is -2.21. The number of carbonyl (C=O) groups is 2. The fourth-order valence-corrected chi connectivity index (χ4v) is 2.04. The van der Waals surface area contributed by atoms with E-state index in [1.807, 2.05) is 26.8 Å². The molecule has 0 aliphatic carbocycles. The van der Waals surface area contributed by atoms with Crippen LogP contribution in [0.5, 0.6) is 0 Å². The summed E-state index contributed by atoms with van der Waals surface area (Å²) in [6.07, 6.45) is 0. The fraction of sp³-hybridized carbons (Fsp3) is 0.538. The molecule has 0 aliphatic rings. The van der Waals surface area contributed by atoms with Gasteiger partial charge in [0, 0.05) is 23.4 Å². The monoisotopic (exact) mass is 284 g/mol. The zero-order chi connectivity index (χ0) is 14.5. The van der Waals surface area contributed by atoms with Crippen LogP contribution >= 0.6 is 11.3 Å². The first-order valence-corrected chi connectivity index (χ1v) is 6.88. The van der Waals surface area contributed by atoms with Gasteiger partial charge in [0.05, 0.1) is 11.4 Å². The maximum absolute atomic E-state index is 11.7. The minimum atomic E-state index is -0.357.